The van der Waals surface area contributed by atoms with Crippen molar-refractivity contribution in [3.05, 3.63) is 59.4 Å². The van der Waals surface area contributed by atoms with Crippen LogP contribution >= 0.6 is 0 Å². The highest BCUT2D eigenvalue weighted by Gasteiger charge is 2.10. The zero-order valence-corrected chi connectivity index (χ0v) is 11.9. The van der Waals surface area contributed by atoms with Gasteiger partial charge >= 0.3 is 0 Å². The SMILES string of the molecule is COc1ccc(C(C)Nc2cccc(C(N)=O)c2)cc1F. The summed E-state index contributed by atoms with van der Waals surface area (Å²) in [6.07, 6.45) is 0. The number of amides is 1. The number of hydrogen-bond acceptors (Lipinski definition) is 3. The quantitative estimate of drug-likeness (QED) is 0.888. The maximum Gasteiger partial charge on any atom is 0.248 e. The molecule has 2 aromatic rings. The molecule has 3 N–H and O–H groups in total. The van der Waals surface area contributed by atoms with Crippen LogP contribution < -0.4 is 15.8 Å². The van der Waals surface area contributed by atoms with Crippen molar-refractivity contribution >= 4 is 11.6 Å². The number of carbonyl (C=O) groups excluding carboxylic acids is 1. The molecule has 21 heavy (non-hydrogen) atoms. The van der Waals surface area contributed by atoms with Gasteiger partial charge in [-0.25, -0.2) is 4.39 Å². The minimum absolute atomic E-state index is 0.131. The van der Waals surface area contributed by atoms with Crippen LogP contribution in [0.2, 0.25) is 0 Å². The van der Waals surface area contributed by atoms with Crippen molar-refractivity contribution in [2.45, 2.75) is 13.0 Å². The molecule has 0 fully saturated rings. The van der Waals surface area contributed by atoms with Crippen LogP contribution in [0.3, 0.4) is 0 Å². The molecule has 1 amide bonds. The molecule has 0 heterocycles. The van der Waals surface area contributed by atoms with Gasteiger partial charge in [0.15, 0.2) is 11.6 Å². The number of nitrogens with one attached hydrogen (secondary N) is 1. The molecule has 110 valence electrons. The second-order valence-corrected chi connectivity index (χ2v) is 4.71. The van der Waals surface area contributed by atoms with E-state index in [1.54, 1.807) is 30.3 Å². The number of nitrogens with two attached hydrogens (primary N) is 1. The molecule has 4 nitrogen and oxygen atoms in total. The van der Waals surface area contributed by atoms with Crippen molar-refractivity contribution in [2.75, 3.05) is 12.4 Å². The number of halogens is 1. The fraction of sp³-hybridized carbons (Fsp3) is 0.188. The van der Waals surface area contributed by atoms with E-state index in [-0.39, 0.29) is 11.8 Å². The highest BCUT2D eigenvalue weighted by Crippen LogP contribution is 2.24. The Hall–Kier alpha value is -2.56. The normalized spacial score (nSPS) is 11.8. The van der Waals surface area contributed by atoms with E-state index in [4.69, 9.17) is 10.5 Å². The van der Waals surface area contributed by atoms with Gasteiger partial charge in [-0.15, -0.1) is 0 Å². The summed E-state index contributed by atoms with van der Waals surface area (Å²) in [7, 11) is 1.43. The highest BCUT2D eigenvalue weighted by atomic mass is 19.1. The van der Waals surface area contributed by atoms with Crippen LogP contribution in [-0.4, -0.2) is 13.0 Å². The Balaban J connectivity index is 2.17. The van der Waals surface area contributed by atoms with Gasteiger partial charge in [-0.2, -0.15) is 0 Å². The average molecular weight is 288 g/mol. The predicted octanol–water partition coefficient (Wildman–Crippen LogP) is 3.11. The molecule has 0 spiro atoms. The molecule has 2 rings (SSSR count). The van der Waals surface area contributed by atoms with Gasteiger partial charge < -0.3 is 15.8 Å². The summed E-state index contributed by atoms with van der Waals surface area (Å²) in [4.78, 5) is 11.2. The van der Waals surface area contributed by atoms with Crippen LogP contribution in [0, 0.1) is 5.82 Å². The summed E-state index contributed by atoms with van der Waals surface area (Å²) < 4.78 is 18.6. The number of primary amides is 1. The molecule has 5 heteroatoms. The minimum Gasteiger partial charge on any atom is -0.494 e. The summed E-state index contributed by atoms with van der Waals surface area (Å²) in [5.74, 6) is -0.682. The van der Waals surface area contributed by atoms with Gasteiger partial charge in [-0.05, 0) is 42.8 Å². The fourth-order valence-corrected chi connectivity index (χ4v) is 2.05. The first kappa shape index (κ1) is 14.8. The minimum atomic E-state index is -0.484. The maximum atomic E-state index is 13.7. The molecular weight excluding hydrogens is 271 g/mol. The Morgan fingerprint density at radius 3 is 2.67 bits per heavy atom. The van der Waals surface area contributed by atoms with E-state index >= 15 is 0 Å². The Morgan fingerprint density at radius 1 is 1.29 bits per heavy atom. The third-order valence-corrected chi connectivity index (χ3v) is 3.21. The molecule has 0 aliphatic rings. The number of carbonyl (C=O) groups is 1. The molecule has 0 saturated carbocycles. The van der Waals surface area contributed by atoms with E-state index in [9.17, 15) is 9.18 Å². The van der Waals surface area contributed by atoms with Crippen molar-refractivity contribution in [1.29, 1.82) is 0 Å². The van der Waals surface area contributed by atoms with Crippen LogP contribution in [0.1, 0.15) is 28.9 Å². The van der Waals surface area contributed by atoms with Gasteiger partial charge in [0.2, 0.25) is 5.91 Å². The van der Waals surface area contributed by atoms with Gasteiger partial charge in [0.05, 0.1) is 7.11 Å². The fourth-order valence-electron chi connectivity index (χ4n) is 2.05. The van der Waals surface area contributed by atoms with Gasteiger partial charge in [0.1, 0.15) is 0 Å². The lowest BCUT2D eigenvalue weighted by atomic mass is 10.1. The first-order valence-corrected chi connectivity index (χ1v) is 6.51. The highest BCUT2D eigenvalue weighted by molar-refractivity contribution is 5.93. The molecule has 0 aliphatic heterocycles. The number of anilines is 1. The number of benzene rings is 2. The van der Waals surface area contributed by atoms with Crippen molar-refractivity contribution in [3.8, 4) is 5.75 Å². The molecule has 2 aromatic carbocycles. The topological polar surface area (TPSA) is 64.3 Å². The Kier molecular flexibility index (Phi) is 4.42. The second kappa shape index (κ2) is 6.26. The lowest BCUT2D eigenvalue weighted by Crippen LogP contribution is -2.12. The Morgan fingerprint density at radius 2 is 2.05 bits per heavy atom. The Bertz CT molecular complexity index is 658. The molecule has 1 atom stereocenters. The molecule has 0 bridgehead atoms. The van der Waals surface area contributed by atoms with E-state index in [0.29, 0.717) is 5.56 Å². The van der Waals surface area contributed by atoms with E-state index in [1.807, 2.05) is 13.0 Å². The largest absolute Gasteiger partial charge is 0.494 e. The number of ether oxygens (including phenoxy) is 1. The molecular formula is C16H17FN2O2. The van der Waals surface area contributed by atoms with Crippen molar-refractivity contribution < 1.29 is 13.9 Å². The van der Waals surface area contributed by atoms with Crippen LogP contribution in [0.4, 0.5) is 10.1 Å². The molecule has 0 saturated heterocycles. The standard InChI is InChI=1S/C16H17FN2O2/c1-10(11-6-7-15(21-2)14(17)9-11)19-13-5-3-4-12(8-13)16(18)20/h3-10,19H,1-2H3,(H2,18,20). The van der Waals surface area contributed by atoms with Crippen LogP contribution in [0.15, 0.2) is 42.5 Å². The monoisotopic (exact) mass is 288 g/mol. The number of hydrogen-bond donors (Lipinski definition) is 2. The second-order valence-electron chi connectivity index (χ2n) is 4.71. The summed E-state index contributed by atoms with van der Waals surface area (Å²) in [6, 6.07) is 11.5. The lowest BCUT2D eigenvalue weighted by molar-refractivity contribution is 0.100. The van der Waals surface area contributed by atoms with E-state index in [2.05, 4.69) is 5.32 Å². The lowest BCUT2D eigenvalue weighted by Gasteiger charge is -2.17. The Labute approximate surface area is 122 Å². The van der Waals surface area contributed by atoms with E-state index in [0.717, 1.165) is 11.3 Å². The molecule has 0 radical (unpaired) electrons. The summed E-state index contributed by atoms with van der Waals surface area (Å²) in [6.45, 7) is 1.90. The van der Waals surface area contributed by atoms with Crippen molar-refractivity contribution in [1.82, 2.24) is 0 Å². The zero-order valence-electron chi connectivity index (χ0n) is 11.9. The van der Waals surface area contributed by atoms with E-state index < -0.39 is 11.7 Å². The summed E-state index contributed by atoms with van der Waals surface area (Å²) >= 11 is 0. The molecule has 0 aliphatic carbocycles. The van der Waals surface area contributed by atoms with Gasteiger partial charge in [0, 0.05) is 17.3 Å². The van der Waals surface area contributed by atoms with Gasteiger partial charge in [-0.1, -0.05) is 12.1 Å². The summed E-state index contributed by atoms with van der Waals surface area (Å²) in [5, 5.41) is 3.20. The maximum absolute atomic E-state index is 13.7. The molecule has 0 aromatic heterocycles. The van der Waals surface area contributed by atoms with Crippen LogP contribution in [0.5, 0.6) is 5.75 Å². The van der Waals surface area contributed by atoms with Crippen LogP contribution in [-0.2, 0) is 0 Å². The number of rotatable bonds is 5. The van der Waals surface area contributed by atoms with Gasteiger partial charge in [-0.3, -0.25) is 4.79 Å². The van der Waals surface area contributed by atoms with Crippen molar-refractivity contribution in [3.63, 3.8) is 0 Å². The first-order chi connectivity index (χ1) is 10.0. The van der Waals surface area contributed by atoms with E-state index in [1.165, 1.54) is 13.2 Å². The average Bonchev–Trinajstić information content (AvgIpc) is 2.47. The smallest absolute Gasteiger partial charge is 0.248 e. The van der Waals surface area contributed by atoms with Gasteiger partial charge in [0.25, 0.3) is 0 Å². The molecule has 1 unspecified atom stereocenters. The van der Waals surface area contributed by atoms with Crippen molar-refractivity contribution in [2.24, 2.45) is 5.73 Å². The first-order valence-electron chi connectivity index (χ1n) is 6.51. The number of methoxy groups -OCH3 is 1. The predicted molar refractivity (Wildman–Crippen MR) is 79.9 cm³/mol. The van der Waals surface area contributed by atoms with Crippen LogP contribution in [0.25, 0.3) is 0 Å². The summed E-state index contributed by atoms with van der Waals surface area (Å²) in [5.41, 5.74) is 7.19. The third kappa shape index (κ3) is 3.51. The zero-order chi connectivity index (χ0) is 15.4. The third-order valence-electron chi connectivity index (χ3n) is 3.21.